The lowest BCUT2D eigenvalue weighted by Gasteiger charge is -2.34. The maximum absolute atomic E-state index is 12.3. The summed E-state index contributed by atoms with van der Waals surface area (Å²) in [7, 11) is 0. The van der Waals surface area contributed by atoms with Crippen LogP contribution in [0.1, 0.15) is 6.42 Å². The van der Waals surface area contributed by atoms with Gasteiger partial charge in [-0.3, -0.25) is 9.59 Å². The van der Waals surface area contributed by atoms with Crippen LogP contribution in [0, 0.1) is 0 Å². The van der Waals surface area contributed by atoms with Crippen LogP contribution in [-0.4, -0.2) is 66.0 Å². The molecule has 2 heterocycles. The second-order valence-electron chi connectivity index (χ2n) is 6.10. The van der Waals surface area contributed by atoms with Gasteiger partial charge in [0, 0.05) is 38.6 Å². The fraction of sp³-hybridized carbons (Fsp3) is 0.368. The quantitative estimate of drug-likeness (QED) is 0.773. The van der Waals surface area contributed by atoms with Crippen molar-refractivity contribution in [3.05, 3.63) is 48.8 Å². The molecule has 2 amide bonds. The largest absolute Gasteiger partial charge is 0.493 e. The second kappa shape index (κ2) is 9.51. The van der Waals surface area contributed by atoms with Gasteiger partial charge in [-0.2, -0.15) is 0 Å². The first-order valence-corrected chi connectivity index (χ1v) is 8.96. The highest BCUT2D eigenvalue weighted by Gasteiger charge is 2.22. The van der Waals surface area contributed by atoms with Gasteiger partial charge in [-0.15, -0.1) is 0 Å². The number of ether oxygens (including phenoxy) is 1. The lowest BCUT2D eigenvalue weighted by atomic mass is 10.3. The van der Waals surface area contributed by atoms with E-state index in [2.05, 4.69) is 15.3 Å². The number of nitrogens with one attached hydrogen (secondary N) is 1. The van der Waals surface area contributed by atoms with E-state index in [1.807, 2.05) is 35.2 Å². The summed E-state index contributed by atoms with van der Waals surface area (Å²) < 4.78 is 5.48. The number of hydrogen-bond acceptors (Lipinski definition) is 6. The summed E-state index contributed by atoms with van der Waals surface area (Å²) in [6.07, 6.45) is 3.62. The van der Waals surface area contributed by atoms with E-state index in [0.717, 1.165) is 5.75 Å². The molecule has 1 aliphatic rings. The lowest BCUT2D eigenvalue weighted by molar-refractivity contribution is -0.133. The molecule has 0 spiro atoms. The number of aromatic nitrogens is 2. The molecule has 3 rings (SSSR count). The molecule has 1 N–H and O–H groups in total. The minimum Gasteiger partial charge on any atom is -0.493 e. The van der Waals surface area contributed by atoms with Gasteiger partial charge in [-0.05, 0) is 18.2 Å². The maximum Gasteiger partial charge on any atom is 0.242 e. The van der Waals surface area contributed by atoms with Gasteiger partial charge < -0.3 is 19.9 Å². The molecule has 0 atom stereocenters. The Bertz CT molecular complexity index is 734. The van der Waals surface area contributed by atoms with Crippen LogP contribution >= 0.6 is 0 Å². The van der Waals surface area contributed by atoms with Crippen molar-refractivity contribution in [3.63, 3.8) is 0 Å². The van der Waals surface area contributed by atoms with Crippen molar-refractivity contribution in [2.45, 2.75) is 6.42 Å². The van der Waals surface area contributed by atoms with Gasteiger partial charge in [0.2, 0.25) is 17.8 Å². The Hall–Kier alpha value is -3.16. The standard InChI is InChI=1S/C19H23N5O3/c25-17(7-14-27-16-5-2-1-3-6-16)22-15-18(26)23-10-12-24(13-11-23)19-20-8-4-9-21-19/h1-6,8-9H,7,10-15H2,(H,22,25). The second-order valence-corrected chi connectivity index (χ2v) is 6.10. The molecule has 0 radical (unpaired) electrons. The van der Waals surface area contributed by atoms with Crippen molar-refractivity contribution < 1.29 is 14.3 Å². The number of hydrogen-bond donors (Lipinski definition) is 1. The number of piperazine rings is 1. The molecule has 0 bridgehead atoms. The van der Waals surface area contributed by atoms with Crippen LogP contribution in [0.2, 0.25) is 0 Å². The van der Waals surface area contributed by atoms with Gasteiger partial charge in [0.05, 0.1) is 19.6 Å². The monoisotopic (exact) mass is 369 g/mol. The Morgan fingerprint density at radius 2 is 1.70 bits per heavy atom. The predicted molar refractivity (Wildman–Crippen MR) is 100 cm³/mol. The van der Waals surface area contributed by atoms with E-state index in [9.17, 15) is 9.59 Å². The molecule has 2 aromatic rings. The Morgan fingerprint density at radius 1 is 1.00 bits per heavy atom. The molecule has 1 aliphatic heterocycles. The minimum atomic E-state index is -0.199. The maximum atomic E-state index is 12.3. The summed E-state index contributed by atoms with van der Waals surface area (Å²) in [5, 5.41) is 2.66. The van der Waals surface area contributed by atoms with Gasteiger partial charge in [0.1, 0.15) is 5.75 Å². The molecule has 1 aromatic carbocycles. The third-order valence-corrected chi connectivity index (χ3v) is 4.25. The van der Waals surface area contributed by atoms with E-state index >= 15 is 0 Å². The number of amides is 2. The highest BCUT2D eigenvalue weighted by atomic mass is 16.5. The molecule has 8 heteroatoms. The molecule has 1 aromatic heterocycles. The van der Waals surface area contributed by atoms with Gasteiger partial charge in [-0.1, -0.05) is 18.2 Å². The number of carbonyl (C=O) groups excluding carboxylic acids is 2. The molecule has 0 unspecified atom stereocenters. The molecule has 8 nitrogen and oxygen atoms in total. The first-order chi connectivity index (χ1) is 13.2. The van der Waals surface area contributed by atoms with Crippen molar-refractivity contribution in [1.29, 1.82) is 0 Å². The summed E-state index contributed by atoms with van der Waals surface area (Å²) in [6, 6.07) is 11.1. The Morgan fingerprint density at radius 3 is 2.41 bits per heavy atom. The van der Waals surface area contributed by atoms with E-state index < -0.39 is 0 Å². The zero-order valence-electron chi connectivity index (χ0n) is 15.1. The van der Waals surface area contributed by atoms with Gasteiger partial charge in [-0.25, -0.2) is 9.97 Å². The normalized spacial score (nSPS) is 13.9. The Kier molecular flexibility index (Phi) is 6.56. The van der Waals surface area contributed by atoms with Crippen molar-refractivity contribution in [1.82, 2.24) is 20.2 Å². The topological polar surface area (TPSA) is 87.7 Å². The van der Waals surface area contributed by atoms with Crippen molar-refractivity contribution in [3.8, 4) is 5.75 Å². The summed E-state index contributed by atoms with van der Waals surface area (Å²) in [4.78, 5) is 36.4. The molecule has 1 saturated heterocycles. The van der Waals surface area contributed by atoms with E-state index in [4.69, 9.17) is 4.74 Å². The van der Waals surface area contributed by atoms with Gasteiger partial charge >= 0.3 is 0 Å². The van der Waals surface area contributed by atoms with Crippen LogP contribution < -0.4 is 15.0 Å². The highest BCUT2D eigenvalue weighted by molar-refractivity contribution is 5.84. The van der Waals surface area contributed by atoms with E-state index in [0.29, 0.717) is 32.1 Å². The predicted octanol–water partition coefficient (Wildman–Crippen LogP) is 0.710. The first kappa shape index (κ1) is 18.6. The van der Waals surface area contributed by atoms with E-state index in [1.165, 1.54) is 0 Å². The average molecular weight is 369 g/mol. The fourth-order valence-corrected chi connectivity index (χ4v) is 2.76. The third kappa shape index (κ3) is 5.67. The zero-order chi connectivity index (χ0) is 18.9. The van der Waals surface area contributed by atoms with Gasteiger partial charge in [0.15, 0.2) is 0 Å². The van der Waals surface area contributed by atoms with Crippen LogP contribution in [0.5, 0.6) is 5.75 Å². The first-order valence-electron chi connectivity index (χ1n) is 8.96. The third-order valence-electron chi connectivity index (χ3n) is 4.25. The number of nitrogens with zero attached hydrogens (tertiary/aromatic N) is 4. The molecular weight excluding hydrogens is 346 g/mol. The summed E-state index contributed by atoms with van der Waals surface area (Å²) in [5.74, 6) is 1.12. The summed E-state index contributed by atoms with van der Waals surface area (Å²) >= 11 is 0. The zero-order valence-corrected chi connectivity index (χ0v) is 15.1. The van der Waals surface area contributed by atoms with Crippen LogP contribution in [0.15, 0.2) is 48.8 Å². The number of anilines is 1. The molecule has 27 heavy (non-hydrogen) atoms. The summed E-state index contributed by atoms with van der Waals surface area (Å²) in [6.45, 7) is 2.81. The van der Waals surface area contributed by atoms with Crippen LogP contribution in [0.3, 0.4) is 0 Å². The molecule has 0 aliphatic carbocycles. The van der Waals surface area contributed by atoms with Crippen molar-refractivity contribution in [2.75, 3.05) is 44.2 Å². The molecular formula is C19H23N5O3. The Balaban J connectivity index is 1.33. The highest BCUT2D eigenvalue weighted by Crippen LogP contribution is 2.10. The Labute approximate surface area is 158 Å². The average Bonchev–Trinajstić information content (AvgIpc) is 2.73. The smallest absolute Gasteiger partial charge is 0.242 e. The number of benzene rings is 1. The SMILES string of the molecule is O=C(CCOc1ccccc1)NCC(=O)N1CCN(c2ncccn2)CC1. The number of para-hydroxylation sites is 1. The van der Waals surface area contributed by atoms with Crippen LogP contribution in [0.25, 0.3) is 0 Å². The number of rotatable bonds is 7. The van der Waals surface area contributed by atoms with Crippen LogP contribution in [0.4, 0.5) is 5.95 Å². The van der Waals surface area contributed by atoms with Crippen molar-refractivity contribution >= 4 is 17.8 Å². The minimum absolute atomic E-state index is 0.00596. The van der Waals surface area contributed by atoms with Gasteiger partial charge in [0.25, 0.3) is 0 Å². The van der Waals surface area contributed by atoms with E-state index in [-0.39, 0.29) is 31.4 Å². The molecule has 0 saturated carbocycles. The van der Waals surface area contributed by atoms with E-state index in [1.54, 1.807) is 23.4 Å². The summed E-state index contributed by atoms with van der Waals surface area (Å²) in [5.41, 5.74) is 0. The van der Waals surface area contributed by atoms with Crippen LogP contribution in [-0.2, 0) is 9.59 Å². The van der Waals surface area contributed by atoms with Crippen molar-refractivity contribution in [2.24, 2.45) is 0 Å². The fourth-order valence-electron chi connectivity index (χ4n) is 2.76. The molecule has 1 fully saturated rings. The number of carbonyl (C=O) groups is 2. The lowest BCUT2D eigenvalue weighted by Crippen LogP contribution is -2.51. The molecule has 142 valence electrons.